The van der Waals surface area contributed by atoms with E-state index in [1.54, 1.807) is 68.4 Å². The third-order valence-corrected chi connectivity index (χ3v) is 7.69. The molecule has 0 aliphatic carbocycles. The zero-order chi connectivity index (χ0) is 31.8. The zero-order valence-corrected chi connectivity index (χ0v) is 25.0. The van der Waals surface area contributed by atoms with Gasteiger partial charge in [0.1, 0.15) is 11.5 Å². The van der Waals surface area contributed by atoms with E-state index in [1.165, 1.54) is 54.2 Å². The van der Waals surface area contributed by atoms with E-state index in [9.17, 15) is 28.9 Å². The fourth-order valence-corrected chi connectivity index (χ4v) is 5.12. The molecule has 4 aromatic rings. The number of hydrogen-bond acceptors (Lipinski definition) is 6. The number of benzene rings is 4. The van der Waals surface area contributed by atoms with Crippen molar-refractivity contribution in [1.82, 2.24) is 5.32 Å². The van der Waals surface area contributed by atoms with Gasteiger partial charge in [0, 0.05) is 39.5 Å². The molecular weight excluding hydrogens is 607 g/mol. The maximum atomic E-state index is 14.6. The topological polar surface area (TPSA) is 130 Å². The van der Waals surface area contributed by atoms with Gasteiger partial charge in [-0.05, 0) is 74.0 Å². The molecule has 224 valence electrons. The lowest BCUT2D eigenvalue weighted by atomic mass is 10.1. The first kappa shape index (κ1) is 31.9. The number of aryl methyl sites for hydroxylation is 1. The number of nitro groups is 1. The van der Waals surface area contributed by atoms with Crippen LogP contribution in [0.15, 0.2) is 102 Å². The molecule has 0 aliphatic heterocycles. The van der Waals surface area contributed by atoms with E-state index >= 15 is 0 Å². The van der Waals surface area contributed by atoms with E-state index in [-0.39, 0.29) is 27.9 Å². The lowest BCUT2D eigenvalue weighted by Gasteiger charge is -2.15. The molecule has 0 heterocycles. The second-order valence-corrected chi connectivity index (χ2v) is 11.3. The first-order valence-electron chi connectivity index (χ1n) is 13.2. The number of carbonyl (C=O) groups excluding carboxylic acids is 3. The smallest absolute Gasteiger partial charge is 0.272 e. The standard InChI is InChI=1S/C32H26ClFN4O5S/c1-19-16-23(38(42)43)14-15-28(19)36-30(39)20(2)44-24-11-6-10-22(17-24)35-32(41)29(18-25-26(33)12-7-13-27(25)34)37-31(40)21-8-4-3-5-9-21/h3-18,20H,1-2H3,(H,35,41)(H,36,39)(H,37,40)/b29-18+. The van der Waals surface area contributed by atoms with Gasteiger partial charge in [-0.2, -0.15) is 0 Å². The minimum Gasteiger partial charge on any atom is -0.325 e. The SMILES string of the molecule is Cc1cc([N+](=O)[O-])ccc1NC(=O)C(C)Sc1cccc(NC(=O)/C(=C\c2c(F)cccc2Cl)NC(=O)c2ccccc2)c1. The van der Waals surface area contributed by atoms with E-state index < -0.39 is 27.8 Å². The van der Waals surface area contributed by atoms with Crippen molar-refractivity contribution in [2.24, 2.45) is 0 Å². The van der Waals surface area contributed by atoms with Crippen LogP contribution in [0.5, 0.6) is 0 Å². The van der Waals surface area contributed by atoms with Gasteiger partial charge in [-0.25, -0.2) is 4.39 Å². The molecule has 44 heavy (non-hydrogen) atoms. The number of nitro benzene ring substituents is 1. The predicted octanol–water partition coefficient (Wildman–Crippen LogP) is 7.22. The van der Waals surface area contributed by atoms with Crippen molar-refractivity contribution in [2.45, 2.75) is 24.0 Å². The van der Waals surface area contributed by atoms with Crippen molar-refractivity contribution in [3.8, 4) is 0 Å². The van der Waals surface area contributed by atoms with Crippen LogP contribution < -0.4 is 16.0 Å². The number of nitrogens with zero attached hydrogens (tertiary/aromatic N) is 1. The molecule has 4 rings (SSSR count). The molecular formula is C32H26ClFN4O5S. The van der Waals surface area contributed by atoms with E-state index in [1.807, 2.05) is 0 Å². The van der Waals surface area contributed by atoms with Crippen LogP contribution in [-0.4, -0.2) is 27.9 Å². The van der Waals surface area contributed by atoms with Crippen molar-refractivity contribution < 1.29 is 23.7 Å². The lowest BCUT2D eigenvalue weighted by Crippen LogP contribution is -2.30. The van der Waals surface area contributed by atoms with E-state index in [0.29, 0.717) is 27.4 Å². The highest BCUT2D eigenvalue weighted by atomic mass is 35.5. The molecule has 0 spiro atoms. The first-order valence-corrected chi connectivity index (χ1v) is 14.4. The van der Waals surface area contributed by atoms with Crippen LogP contribution in [0.25, 0.3) is 6.08 Å². The van der Waals surface area contributed by atoms with Gasteiger partial charge < -0.3 is 16.0 Å². The average Bonchev–Trinajstić information content (AvgIpc) is 2.99. The van der Waals surface area contributed by atoms with Gasteiger partial charge in [0.05, 0.1) is 15.2 Å². The summed E-state index contributed by atoms with van der Waals surface area (Å²) in [4.78, 5) is 50.3. The van der Waals surface area contributed by atoms with Crippen LogP contribution in [0.1, 0.15) is 28.4 Å². The summed E-state index contributed by atoms with van der Waals surface area (Å²) >= 11 is 7.40. The summed E-state index contributed by atoms with van der Waals surface area (Å²) < 4.78 is 14.6. The molecule has 1 atom stereocenters. The van der Waals surface area contributed by atoms with Crippen LogP contribution in [0.2, 0.25) is 5.02 Å². The van der Waals surface area contributed by atoms with Crippen molar-refractivity contribution in [3.63, 3.8) is 0 Å². The minimum atomic E-state index is -0.727. The molecule has 0 bridgehead atoms. The number of nitrogens with one attached hydrogen (secondary N) is 3. The third kappa shape index (κ3) is 8.30. The average molecular weight is 633 g/mol. The Kier molecular flexibility index (Phi) is 10.5. The maximum Gasteiger partial charge on any atom is 0.272 e. The number of thioether (sulfide) groups is 1. The molecule has 4 aromatic carbocycles. The second kappa shape index (κ2) is 14.5. The Hall–Kier alpha value is -5.00. The van der Waals surface area contributed by atoms with Crippen molar-refractivity contribution >= 4 is 64.2 Å². The highest BCUT2D eigenvalue weighted by Gasteiger charge is 2.19. The largest absolute Gasteiger partial charge is 0.325 e. The van der Waals surface area contributed by atoms with Crippen molar-refractivity contribution in [1.29, 1.82) is 0 Å². The number of anilines is 2. The Morgan fingerprint density at radius 1 is 0.955 bits per heavy atom. The van der Waals surface area contributed by atoms with Gasteiger partial charge in [-0.1, -0.05) is 41.9 Å². The van der Waals surface area contributed by atoms with Gasteiger partial charge in [0.25, 0.3) is 17.5 Å². The number of non-ortho nitro benzene ring substituents is 1. The predicted molar refractivity (Wildman–Crippen MR) is 170 cm³/mol. The van der Waals surface area contributed by atoms with Crippen LogP contribution >= 0.6 is 23.4 Å². The quantitative estimate of drug-likeness (QED) is 0.0732. The second-order valence-electron chi connectivity index (χ2n) is 9.50. The van der Waals surface area contributed by atoms with Gasteiger partial charge in [-0.15, -0.1) is 11.8 Å². The molecule has 0 fully saturated rings. The molecule has 3 amide bonds. The Morgan fingerprint density at radius 3 is 2.36 bits per heavy atom. The fraction of sp³-hybridized carbons (Fsp3) is 0.0938. The van der Waals surface area contributed by atoms with Gasteiger partial charge in [-0.3, -0.25) is 24.5 Å². The molecule has 0 saturated carbocycles. The number of carbonyl (C=O) groups is 3. The molecule has 0 aliphatic rings. The summed E-state index contributed by atoms with van der Waals surface area (Å²) in [5, 5.41) is 18.5. The van der Waals surface area contributed by atoms with Gasteiger partial charge in [0.15, 0.2) is 0 Å². The highest BCUT2D eigenvalue weighted by Crippen LogP contribution is 2.28. The molecule has 0 radical (unpaired) electrons. The number of rotatable bonds is 10. The molecule has 1 unspecified atom stereocenters. The zero-order valence-electron chi connectivity index (χ0n) is 23.5. The number of halogens is 2. The van der Waals surface area contributed by atoms with Crippen LogP contribution in [0.3, 0.4) is 0 Å². The lowest BCUT2D eigenvalue weighted by molar-refractivity contribution is -0.384. The molecule has 9 nitrogen and oxygen atoms in total. The number of hydrogen-bond donors (Lipinski definition) is 3. The van der Waals surface area contributed by atoms with E-state index in [2.05, 4.69) is 16.0 Å². The summed E-state index contributed by atoms with van der Waals surface area (Å²) in [6.07, 6.45) is 1.17. The van der Waals surface area contributed by atoms with Crippen molar-refractivity contribution in [2.75, 3.05) is 10.6 Å². The Bertz CT molecular complexity index is 1750. The summed E-state index contributed by atoms with van der Waals surface area (Å²) in [7, 11) is 0. The fourth-order valence-electron chi connectivity index (χ4n) is 3.97. The van der Waals surface area contributed by atoms with Gasteiger partial charge in [0.2, 0.25) is 5.91 Å². The molecule has 3 N–H and O–H groups in total. The summed E-state index contributed by atoms with van der Waals surface area (Å²) in [5.74, 6) is -2.30. The summed E-state index contributed by atoms with van der Waals surface area (Å²) in [6, 6.07) is 23.2. The van der Waals surface area contributed by atoms with E-state index in [4.69, 9.17) is 11.6 Å². The van der Waals surface area contributed by atoms with Crippen LogP contribution in [0.4, 0.5) is 21.5 Å². The molecule has 12 heteroatoms. The minimum absolute atomic E-state index is 0.0545. The maximum absolute atomic E-state index is 14.6. The monoisotopic (exact) mass is 632 g/mol. The Morgan fingerprint density at radius 2 is 1.68 bits per heavy atom. The number of amides is 3. The molecule has 0 saturated heterocycles. The van der Waals surface area contributed by atoms with Crippen LogP contribution in [-0.2, 0) is 9.59 Å². The highest BCUT2D eigenvalue weighted by molar-refractivity contribution is 8.00. The van der Waals surface area contributed by atoms with Crippen molar-refractivity contribution in [3.05, 3.63) is 134 Å². The normalized spacial score (nSPS) is 11.8. The van der Waals surface area contributed by atoms with E-state index in [0.717, 1.165) is 0 Å². The summed E-state index contributed by atoms with van der Waals surface area (Å²) in [6.45, 7) is 3.36. The molecule has 0 aromatic heterocycles. The Balaban J connectivity index is 1.50. The van der Waals surface area contributed by atoms with Gasteiger partial charge >= 0.3 is 0 Å². The van der Waals surface area contributed by atoms with Crippen LogP contribution in [0, 0.1) is 22.9 Å². The third-order valence-electron chi connectivity index (χ3n) is 6.27. The first-order chi connectivity index (χ1) is 21.0. The Labute approximate surface area is 261 Å². The summed E-state index contributed by atoms with van der Waals surface area (Å²) in [5.41, 5.74) is 1.28.